The largest absolute Gasteiger partial charge is 0.507 e. The molecule has 2 N–H and O–H groups in total. The van der Waals surface area contributed by atoms with Crippen molar-refractivity contribution in [2.75, 3.05) is 25.0 Å². The molecule has 7 heteroatoms. The third-order valence-corrected chi connectivity index (χ3v) is 6.72. The molecule has 0 radical (unpaired) electrons. The van der Waals surface area contributed by atoms with E-state index in [0.29, 0.717) is 22.3 Å². The van der Waals surface area contributed by atoms with Crippen LogP contribution in [-0.2, 0) is 7.05 Å². The van der Waals surface area contributed by atoms with Gasteiger partial charge in [0.05, 0.1) is 21.7 Å². The molecule has 31 heavy (non-hydrogen) atoms. The molecule has 3 heterocycles. The van der Waals surface area contributed by atoms with Gasteiger partial charge in [0.2, 0.25) is 0 Å². The van der Waals surface area contributed by atoms with Gasteiger partial charge in [-0.2, -0.15) is 5.10 Å². The second kappa shape index (κ2) is 7.39. The highest BCUT2D eigenvalue weighted by molar-refractivity contribution is 6.35. The lowest BCUT2D eigenvalue weighted by molar-refractivity contribution is 0.474. The van der Waals surface area contributed by atoms with E-state index in [0.717, 1.165) is 46.9 Å². The SMILES string of the molecule is CN[C@H]1CCN(c2cc3c(Cl)cc(-c4cc5cn(C)nc5c(C)c4O)nc3cc2C)C1. The summed E-state index contributed by atoms with van der Waals surface area (Å²) in [6, 6.07) is 8.54. The van der Waals surface area contributed by atoms with Crippen LogP contribution in [0.3, 0.4) is 0 Å². The van der Waals surface area contributed by atoms with E-state index >= 15 is 0 Å². The molecular formula is C24H26ClN5O. The minimum Gasteiger partial charge on any atom is -0.507 e. The number of phenolic OH excluding ortho intramolecular Hbond substituents is 1. The van der Waals surface area contributed by atoms with Gasteiger partial charge in [0.25, 0.3) is 0 Å². The summed E-state index contributed by atoms with van der Waals surface area (Å²) in [5, 5.41) is 21.2. The zero-order valence-corrected chi connectivity index (χ0v) is 19.0. The number of hydrogen-bond acceptors (Lipinski definition) is 5. The summed E-state index contributed by atoms with van der Waals surface area (Å²) in [7, 11) is 3.89. The molecule has 1 fully saturated rings. The number of anilines is 1. The van der Waals surface area contributed by atoms with Gasteiger partial charge in [0, 0.05) is 60.0 Å². The topological polar surface area (TPSA) is 66.2 Å². The fraction of sp³-hybridized carbons (Fsp3) is 0.333. The summed E-state index contributed by atoms with van der Waals surface area (Å²) in [4.78, 5) is 7.29. The van der Waals surface area contributed by atoms with Crippen LogP contribution in [0, 0.1) is 13.8 Å². The predicted molar refractivity (Wildman–Crippen MR) is 127 cm³/mol. The highest BCUT2D eigenvalue weighted by Crippen LogP contribution is 2.39. The Hall–Kier alpha value is -2.83. The zero-order chi connectivity index (χ0) is 21.9. The maximum absolute atomic E-state index is 10.9. The summed E-state index contributed by atoms with van der Waals surface area (Å²) < 4.78 is 1.75. The van der Waals surface area contributed by atoms with Crippen LogP contribution in [0.5, 0.6) is 5.75 Å². The van der Waals surface area contributed by atoms with Crippen molar-refractivity contribution < 1.29 is 5.11 Å². The number of rotatable bonds is 3. The number of aromatic nitrogens is 3. The number of nitrogens with zero attached hydrogens (tertiary/aromatic N) is 4. The molecule has 0 aliphatic carbocycles. The average Bonchev–Trinajstić information content (AvgIpc) is 3.36. The van der Waals surface area contributed by atoms with E-state index in [1.807, 2.05) is 39.3 Å². The van der Waals surface area contributed by atoms with Gasteiger partial charge < -0.3 is 15.3 Å². The van der Waals surface area contributed by atoms with Gasteiger partial charge in [-0.1, -0.05) is 11.6 Å². The van der Waals surface area contributed by atoms with E-state index in [4.69, 9.17) is 16.6 Å². The first kappa shape index (κ1) is 20.1. The van der Waals surface area contributed by atoms with Crippen molar-refractivity contribution in [3.05, 3.63) is 46.6 Å². The van der Waals surface area contributed by atoms with E-state index in [1.165, 1.54) is 11.3 Å². The smallest absolute Gasteiger partial charge is 0.130 e. The lowest BCUT2D eigenvalue weighted by Gasteiger charge is -2.22. The fourth-order valence-electron chi connectivity index (χ4n) is 4.66. The standard InChI is InChI=1S/C24H26ClN5O/c1-13-7-20-17(9-22(13)30-6-5-16(12-30)26-3)19(25)10-21(27-20)18-8-15-11-29(4)28-23(15)14(2)24(18)31/h7-11,16,26,31H,5-6,12H2,1-4H3/t16-/m0/s1. The molecule has 1 saturated heterocycles. The molecule has 0 unspecified atom stereocenters. The number of nitrogens with one attached hydrogen (secondary N) is 1. The molecule has 0 amide bonds. The Morgan fingerprint density at radius 1 is 1.19 bits per heavy atom. The van der Waals surface area contributed by atoms with Gasteiger partial charge in [0.15, 0.2) is 0 Å². The van der Waals surface area contributed by atoms with Crippen molar-refractivity contribution in [1.82, 2.24) is 20.1 Å². The summed E-state index contributed by atoms with van der Waals surface area (Å²) in [5.41, 5.74) is 6.07. The molecule has 2 aromatic heterocycles. The number of fused-ring (bicyclic) bond motifs is 2. The van der Waals surface area contributed by atoms with Crippen LogP contribution in [0.25, 0.3) is 33.1 Å². The molecule has 160 valence electrons. The molecule has 5 rings (SSSR count). The Kier molecular flexibility index (Phi) is 4.79. The number of phenols is 1. The molecule has 0 bridgehead atoms. The van der Waals surface area contributed by atoms with Gasteiger partial charge in [-0.05, 0) is 57.1 Å². The summed E-state index contributed by atoms with van der Waals surface area (Å²) in [6.07, 6.45) is 3.08. The maximum Gasteiger partial charge on any atom is 0.130 e. The highest BCUT2D eigenvalue weighted by Gasteiger charge is 2.23. The van der Waals surface area contributed by atoms with Crippen molar-refractivity contribution in [2.24, 2.45) is 7.05 Å². The Morgan fingerprint density at radius 3 is 2.74 bits per heavy atom. The first-order valence-electron chi connectivity index (χ1n) is 10.5. The van der Waals surface area contributed by atoms with E-state index in [-0.39, 0.29) is 5.75 Å². The molecule has 1 aliphatic heterocycles. The molecular weight excluding hydrogens is 410 g/mol. The van der Waals surface area contributed by atoms with Crippen LogP contribution in [0.15, 0.2) is 30.5 Å². The quantitative estimate of drug-likeness (QED) is 0.493. The highest BCUT2D eigenvalue weighted by atomic mass is 35.5. The molecule has 2 aromatic carbocycles. The zero-order valence-electron chi connectivity index (χ0n) is 18.2. The van der Waals surface area contributed by atoms with Crippen LogP contribution in [-0.4, -0.2) is 46.1 Å². The van der Waals surface area contributed by atoms with Crippen LogP contribution >= 0.6 is 11.6 Å². The minimum absolute atomic E-state index is 0.192. The van der Waals surface area contributed by atoms with Crippen LogP contribution < -0.4 is 10.2 Å². The minimum atomic E-state index is 0.192. The Morgan fingerprint density at radius 2 is 2.00 bits per heavy atom. The van der Waals surface area contributed by atoms with E-state index in [1.54, 1.807) is 4.68 Å². The van der Waals surface area contributed by atoms with Crippen LogP contribution in [0.1, 0.15) is 17.5 Å². The van der Waals surface area contributed by atoms with Gasteiger partial charge in [-0.3, -0.25) is 4.68 Å². The van der Waals surface area contributed by atoms with E-state index in [9.17, 15) is 5.11 Å². The van der Waals surface area contributed by atoms with Gasteiger partial charge >= 0.3 is 0 Å². The number of likely N-dealkylation sites (N-methyl/N-ethyl adjacent to an activating group) is 1. The van der Waals surface area contributed by atoms with E-state index in [2.05, 4.69) is 34.4 Å². The monoisotopic (exact) mass is 435 g/mol. The third kappa shape index (κ3) is 3.30. The number of hydrogen-bond donors (Lipinski definition) is 2. The molecule has 1 aliphatic rings. The normalized spacial score (nSPS) is 16.7. The molecule has 0 saturated carbocycles. The van der Waals surface area contributed by atoms with Crippen LogP contribution in [0.2, 0.25) is 5.02 Å². The van der Waals surface area contributed by atoms with Crippen LogP contribution in [0.4, 0.5) is 5.69 Å². The number of benzene rings is 2. The van der Waals surface area contributed by atoms with Gasteiger partial charge in [0.1, 0.15) is 5.75 Å². The lowest BCUT2D eigenvalue weighted by Crippen LogP contribution is -2.29. The Labute approximate surface area is 186 Å². The second-order valence-corrected chi connectivity index (χ2v) is 8.91. The van der Waals surface area contributed by atoms with Gasteiger partial charge in [-0.15, -0.1) is 0 Å². The summed E-state index contributed by atoms with van der Waals surface area (Å²) >= 11 is 6.74. The molecule has 6 nitrogen and oxygen atoms in total. The number of aromatic hydroxyl groups is 1. The summed E-state index contributed by atoms with van der Waals surface area (Å²) in [6.45, 7) is 6.01. The lowest BCUT2D eigenvalue weighted by atomic mass is 10.0. The number of aryl methyl sites for hydroxylation is 3. The van der Waals surface area contributed by atoms with Crippen molar-refractivity contribution in [2.45, 2.75) is 26.3 Å². The van der Waals surface area contributed by atoms with Gasteiger partial charge in [-0.25, -0.2) is 4.98 Å². The average molecular weight is 436 g/mol. The predicted octanol–water partition coefficient (Wildman–Crippen LogP) is 4.56. The Balaban J connectivity index is 1.63. The van der Waals surface area contributed by atoms with Crippen molar-refractivity contribution in [1.29, 1.82) is 0 Å². The van der Waals surface area contributed by atoms with Crippen molar-refractivity contribution in [3.8, 4) is 17.0 Å². The summed E-state index contributed by atoms with van der Waals surface area (Å²) in [5.74, 6) is 0.192. The third-order valence-electron chi connectivity index (χ3n) is 6.41. The number of halogens is 1. The van der Waals surface area contributed by atoms with Crippen molar-refractivity contribution in [3.63, 3.8) is 0 Å². The first-order valence-corrected chi connectivity index (χ1v) is 10.9. The molecule has 1 atom stereocenters. The Bertz CT molecular complexity index is 1330. The fourth-order valence-corrected chi connectivity index (χ4v) is 4.91. The van der Waals surface area contributed by atoms with Crippen molar-refractivity contribution >= 4 is 39.1 Å². The maximum atomic E-state index is 10.9. The molecule has 4 aromatic rings. The second-order valence-electron chi connectivity index (χ2n) is 8.50. The number of pyridine rings is 1. The molecule has 0 spiro atoms. The first-order chi connectivity index (χ1) is 14.9. The van der Waals surface area contributed by atoms with E-state index < -0.39 is 0 Å².